The first-order valence-corrected chi connectivity index (χ1v) is 13.0. The van der Waals surface area contributed by atoms with Crippen molar-refractivity contribution in [3.05, 3.63) is 79.7 Å². The van der Waals surface area contributed by atoms with Gasteiger partial charge in [0.05, 0.1) is 0 Å². The molecule has 0 radical (unpaired) electrons. The van der Waals surface area contributed by atoms with E-state index < -0.39 is 0 Å². The van der Waals surface area contributed by atoms with Gasteiger partial charge in [-0.1, -0.05) is 0 Å². The van der Waals surface area contributed by atoms with Crippen molar-refractivity contribution in [2.24, 2.45) is 9.98 Å². The second-order valence-electron chi connectivity index (χ2n) is 9.23. The van der Waals surface area contributed by atoms with Crippen LogP contribution in [0.2, 0.25) is 0 Å². The number of benzene rings is 2. The molecule has 0 saturated carbocycles. The molecule has 1 heterocycles. The van der Waals surface area contributed by atoms with E-state index in [2.05, 4.69) is 84.9 Å². The van der Waals surface area contributed by atoms with Gasteiger partial charge in [0.2, 0.25) is 0 Å². The zero-order valence-corrected chi connectivity index (χ0v) is 21.8. The number of nitrogens with one attached hydrogen (secondary N) is 2. The molecule has 0 bridgehead atoms. The van der Waals surface area contributed by atoms with Gasteiger partial charge >= 0.3 is 212 Å². The summed E-state index contributed by atoms with van der Waals surface area (Å²) in [5.74, 6) is 6.10. The van der Waals surface area contributed by atoms with E-state index in [1.165, 1.54) is 31.3 Å². The van der Waals surface area contributed by atoms with Gasteiger partial charge in [0.25, 0.3) is 0 Å². The Morgan fingerprint density at radius 2 is 1.49 bits per heavy atom. The van der Waals surface area contributed by atoms with Crippen molar-refractivity contribution in [3.8, 4) is 11.1 Å². The molecular formula is C29H25N5Se. The molecule has 3 aromatic rings. The molecule has 2 aliphatic rings. The average Bonchev–Trinajstić information content (AvgIpc) is 3.46. The standard InChI is InChI=1S/C29H25N5Se/c1-29(2)27-11-18(34(3)4)9-10-22(27)24-13-19(35-28(24)29)12-23-25(14-32-16-30)20-7-5-6-8-21(20)26(23)15-33-17-31/h5-13,16-17,30-31H,1-4H3. The molecule has 5 rings (SSSR count). The minimum atomic E-state index is -0.0211. The van der Waals surface area contributed by atoms with Gasteiger partial charge in [-0.05, 0) is 0 Å². The van der Waals surface area contributed by atoms with E-state index in [9.17, 15) is 0 Å². The van der Waals surface area contributed by atoms with E-state index >= 15 is 0 Å². The van der Waals surface area contributed by atoms with E-state index in [0.717, 1.165) is 40.5 Å². The van der Waals surface area contributed by atoms with Gasteiger partial charge in [0.1, 0.15) is 0 Å². The van der Waals surface area contributed by atoms with E-state index in [-0.39, 0.29) is 19.9 Å². The number of hydrogen-bond acceptors (Lipinski definition) is 3. The van der Waals surface area contributed by atoms with Gasteiger partial charge in [0, 0.05) is 0 Å². The Balaban J connectivity index is 1.70. The van der Waals surface area contributed by atoms with Crippen molar-refractivity contribution < 1.29 is 0 Å². The van der Waals surface area contributed by atoms with Crippen LogP contribution in [0.3, 0.4) is 0 Å². The Labute approximate surface area is 211 Å². The molecule has 5 nitrogen and oxygen atoms in total. The Hall–Kier alpha value is -3.78. The second-order valence-corrected chi connectivity index (χ2v) is 11.5. The van der Waals surface area contributed by atoms with Crippen molar-refractivity contribution in [2.75, 3.05) is 19.0 Å². The van der Waals surface area contributed by atoms with Crippen LogP contribution in [0.4, 0.5) is 5.69 Å². The number of allylic oxidation sites excluding steroid dienone is 3. The summed E-state index contributed by atoms with van der Waals surface area (Å²) < 4.78 is 2.76. The third-order valence-corrected chi connectivity index (χ3v) is 9.52. The molecule has 0 saturated heterocycles. The molecule has 35 heavy (non-hydrogen) atoms. The first kappa shape index (κ1) is 23.0. The number of fused-ring (bicyclic) bond motifs is 4. The molecule has 0 amide bonds. The van der Waals surface area contributed by atoms with Crippen LogP contribution in [0.15, 0.2) is 64.1 Å². The number of anilines is 1. The molecular weight excluding hydrogens is 497 g/mol. The predicted molar refractivity (Wildman–Crippen MR) is 149 cm³/mol. The molecule has 0 spiro atoms. The van der Waals surface area contributed by atoms with Gasteiger partial charge in [-0.25, -0.2) is 0 Å². The molecule has 172 valence electrons. The van der Waals surface area contributed by atoms with E-state index in [1.807, 2.05) is 24.3 Å². The van der Waals surface area contributed by atoms with Gasteiger partial charge < -0.3 is 0 Å². The Morgan fingerprint density at radius 1 is 0.857 bits per heavy atom. The molecule has 2 N–H and O–H groups in total. The van der Waals surface area contributed by atoms with Crippen LogP contribution in [0, 0.1) is 10.8 Å². The van der Waals surface area contributed by atoms with E-state index in [4.69, 9.17) is 10.8 Å². The normalized spacial score (nSPS) is 14.3. The molecule has 2 aliphatic carbocycles. The van der Waals surface area contributed by atoms with Crippen LogP contribution < -0.4 is 4.90 Å². The monoisotopic (exact) mass is 523 g/mol. The molecule has 0 fully saturated rings. The van der Waals surface area contributed by atoms with Crippen LogP contribution in [0.1, 0.15) is 39.4 Å². The quantitative estimate of drug-likeness (QED) is 0.264. The average molecular weight is 523 g/mol. The third kappa shape index (κ3) is 3.74. The number of nitrogens with zero attached hydrogens (tertiary/aromatic N) is 3. The van der Waals surface area contributed by atoms with Crippen LogP contribution in [-0.4, -0.2) is 53.0 Å². The minimum absolute atomic E-state index is 0.0211. The van der Waals surface area contributed by atoms with E-state index in [0.29, 0.717) is 0 Å². The number of aliphatic imine (C=N–C) groups is 2. The van der Waals surface area contributed by atoms with Gasteiger partial charge in [0.15, 0.2) is 0 Å². The maximum atomic E-state index is 7.37. The summed E-state index contributed by atoms with van der Waals surface area (Å²) in [6.07, 6.45) is 4.19. The van der Waals surface area contributed by atoms with Crippen molar-refractivity contribution in [1.29, 1.82) is 10.8 Å². The summed E-state index contributed by atoms with van der Waals surface area (Å²) in [4.78, 5) is 10.1. The molecule has 6 heteroatoms. The number of hydrogen-bond donors (Lipinski definition) is 2. The fourth-order valence-corrected chi connectivity index (χ4v) is 7.47. The maximum absolute atomic E-state index is 7.37. The van der Waals surface area contributed by atoms with Crippen molar-refractivity contribution >= 4 is 61.8 Å². The summed E-state index contributed by atoms with van der Waals surface area (Å²) in [5, 5.41) is 14.7. The molecule has 0 unspecified atom stereocenters. The second kappa shape index (κ2) is 8.78. The van der Waals surface area contributed by atoms with Crippen LogP contribution in [0.5, 0.6) is 0 Å². The topological polar surface area (TPSA) is 75.7 Å². The SMILES string of the molecule is CN(C)c1ccc2c(c1)C(C)(C)c1[se]c(C=C3C(=C=NC=N)c4ccccc4C3=C=NC=N)cc1-2. The summed E-state index contributed by atoms with van der Waals surface area (Å²) in [7, 11) is 4.16. The van der Waals surface area contributed by atoms with Crippen LogP contribution in [-0.2, 0) is 5.41 Å². The zero-order valence-electron chi connectivity index (χ0n) is 20.1. The fraction of sp³-hybridized carbons (Fsp3) is 0.172. The number of rotatable bonds is 4. The first-order chi connectivity index (χ1) is 16.9. The van der Waals surface area contributed by atoms with Crippen molar-refractivity contribution in [1.82, 2.24) is 0 Å². The summed E-state index contributed by atoms with van der Waals surface area (Å²) in [6, 6.07) is 17.1. The predicted octanol–water partition coefficient (Wildman–Crippen LogP) is 5.53. The summed E-state index contributed by atoms with van der Waals surface area (Å²) in [6.45, 7) is 4.66. The Bertz CT molecular complexity index is 1490. The Kier molecular flexibility index (Phi) is 5.76. The van der Waals surface area contributed by atoms with E-state index in [1.54, 1.807) is 0 Å². The molecule has 0 aliphatic heterocycles. The van der Waals surface area contributed by atoms with Gasteiger partial charge in [-0.3, -0.25) is 0 Å². The van der Waals surface area contributed by atoms with Crippen molar-refractivity contribution in [2.45, 2.75) is 19.3 Å². The zero-order chi connectivity index (χ0) is 24.7. The molecule has 2 aromatic carbocycles. The third-order valence-electron chi connectivity index (χ3n) is 6.57. The molecule has 0 atom stereocenters. The van der Waals surface area contributed by atoms with Crippen LogP contribution in [0.25, 0.3) is 28.3 Å². The van der Waals surface area contributed by atoms with Crippen LogP contribution >= 0.6 is 0 Å². The van der Waals surface area contributed by atoms with Crippen molar-refractivity contribution in [3.63, 3.8) is 0 Å². The van der Waals surface area contributed by atoms with Gasteiger partial charge in [-0.2, -0.15) is 0 Å². The summed E-state index contributed by atoms with van der Waals surface area (Å²) >= 11 is 0.158. The first-order valence-electron chi connectivity index (χ1n) is 11.3. The summed E-state index contributed by atoms with van der Waals surface area (Å²) in [5.41, 5.74) is 9.81. The molecule has 1 aromatic heterocycles. The Morgan fingerprint density at radius 3 is 2.06 bits per heavy atom. The van der Waals surface area contributed by atoms with Gasteiger partial charge in [-0.15, -0.1) is 0 Å². The fourth-order valence-electron chi connectivity index (χ4n) is 4.89.